The Bertz CT molecular complexity index is 926. The predicted molar refractivity (Wildman–Crippen MR) is 95.5 cm³/mol. The highest BCUT2D eigenvalue weighted by molar-refractivity contribution is 5.99. The predicted octanol–water partition coefficient (Wildman–Crippen LogP) is 3.84. The third kappa shape index (κ3) is 2.76. The van der Waals surface area contributed by atoms with E-state index in [1.807, 2.05) is 42.2 Å². The number of piperazine rings is 1. The number of nitrogens with zero attached hydrogens (tertiary/aromatic N) is 2. The van der Waals surface area contributed by atoms with Crippen LogP contribution in [-0.4, -0.2) is 37.0 Å². The zero-order valence-electron chi connectivity index (χ0n) is 14.0. The molecule has 1 amide bonds. The highest BCUT2D eigenvalue weighted by Gasteiger charge is 2.27. The first kappa shape index (κ1) is 15.7. The van der Waals surface area contributed by atoms with E-state index < -0.39 is 0 Å². The molecule has 2 aromatic carbocycles. The summed E-state index contributed by atoms with van der Waals surface area (Å²) in [6, 6.07) is 14.4. The average Bonchev–Trinajstić information content (AvgIpc) is 2.99. The van der Waals surface area contributed by atoms with Crippen LogP contribution in [0.15, 0.2) is 52.9 Å². The van der Waals surface area contributed by atoms with Crippen molar-refractivity contribution in [2.24, 2.45) is 0 Å². The lowest BCUT2D eigenvalue weighted by Gasteiger charge is -2.35. The van der Waals surface area contributed by atoms with Crippen molar-refractivity contribution in [1.29, 1.82) is 0 Å². The molecule has 1 aromatic heterocycles. The van der Waals surface area contributed by atoms with Crippen LogP contribution in [0.1, 0.15) is 16.1 Å². The molecular formula is C20H19FN2O2. The van der Waals surface area contributed by atoms with Crippen LogP contribution in [-0.2, 0) is 0 Å². The van der Waals surface area contributed by atoms with Gasteiger partial charge in [-0.15, -0.1) is 0 Å². The van der Waals surface area contributed by atoms with Gasteiger partial charge in [-0.05, 0) is 25.1 Å². The molecule has 4 rings (SSSR count). The van der Waals surface area contributed by atoms with Crippen LogP contribution >= 0.6 is 0 Å². The number of anilines is 1. The molecule has 25 heavy (non-hydrogen) atoms. The summed E-state index contributed by atoms with van der Waals surface area (Å²) >= 11 is 0. The van der Waals surface area contributed by atoms with Crippen molar-refractivity contribution in [3.8, 4) is 0 Å². The topological polar surface area (TPSA) is 36.7 Å². The van der Waals surface area contributed by atoms with Gasteiger partial charge in [0.1, 0.15) is 11.4 Å². The minimum absolute atomic E-state index is 0.0955. The third-order valence-electron chi connectivity index (χ3n) is 4.80. The van der Waals surface area contributed by atoms with E-state index in [4.69, 9.17) is 4.42 Å². The Hall–Kier alpha value is -2.82. The van der Waals surface area contributed by atoms with Crippen LogP contribution in [0.5, 0.6) is 0 Å². The number of furan rings is 1. The van der Waals surface area contributed by atoms with Gasteiger partial charge < -0.3 is 14.2 Å². The normalized spacial score (nSPS) is 15.0. The van der Waals surface area contributed by atoms with E-state index in [0.29, 0.717) is 37.6 Å². The van der Waals surface area contributed by atoms with Gasteiger partial charge in [0, 0.05) is 37.1 Å². The minimum atomic E-state index is -0.226. The summed E-state index contributed by atoms with van der Waals surface area (Å²) in [4.78, 5) is 16.6. The van der Waals surface area contributed by atoms with Crippen LogP contribution in [0, 0.1) is 12.7 Å². The Morgan fingerprint density at radius 1 is 1.00 bits per heavy atom. The van der Waals surface area contributed by atoms with Gasteiger partial charge >= 0.3 is 0 Å². The molecule has 0 saturated carbocycles. The van der Waals surface area contributed by atoms with Gasteiger partial charge in [-0.1, -0.05) is 30.3 Å². The van der Waals surface area contributed by atoms with Crippen LogP contribution in [0.2, 0.25) is 0 Å². The Kier molecular flexibility index (Phi) is 3.92. The lowest BCUT2D eigenvalue weighted by atomic mass is 10.1. The van der Waals surface area contributed by atoms with Gasteiger partial charge in [-0.2, -0.15) is 0 Å². The summed E-state index contributed by atoms with van der Waals surface area (Å²) in [6.07, 6.45) is 0. The molecule has 128 valence electrons. The number of hydrogen-bond donors (Lipinski definition) is 0. The maximum absolute atomic E-state index is 13.9. The fourth-order valence-corrected chi connectivity index (χ4v) is 3.38. The summed E-state index contributed by atoms with van der Waals surface area (Å²) in [5.74, 6) is 0.0813. The molecule has 2 heterocycles. The fourth-order valence-electron chi connectivity index (χ4n) is 3.38. The first-order valence-corrected chi connectivity index (χ1v) is 8.42. The Labute approximate surface area is 145 Å². The molecular weight excluding hydrogens is 319 g/mol. The van der Waals surface area contributed by atoms with Gasteiger partial charge in [-0.3, -0.25) is 4.79 Å². The lowest BCUT2D eigenvalue weighted by molar-refractivity contribution is 0.0716. The van der Waals surface area contributed by atoms with Crippen LogP contribution < -0.4 is 4.90 Å². The number of carbonyl (C=O) groups excluding carboxylic acids is 1. The highest BCUT2D eigenvalue weighted by atomic mass is 19.1. The Morgan fingerprint density at radius 2 is 1.68 bits per heavy atom. The van der Waals surface area contributed by atoms with Crippen molar-refractivity contribution in [2.45, 2.75) is 6.92 Å². The summed E-state index contributed by atoms with van der Waals surface area (Å²) < 4.78 is 19.7. The molecule has 4 nitrogen and oxygen atoms in total. The second kappa shape index (κ2) is 6.24. The zero-order chi connectivity index (χ0) is 17.4. The van der Waals surface area contributed by atoms with E-state index in [2.05, 4.69) is 0 Å². The molecule has 0 atom stereocenters. The van der Waals surface area contributed by atoms with Crippen molar-refractivity contribution in [1.82, 2.24) is 4.90 Å². The molecule has 0 unspecified atom stereocenters. The molecule has 5 heteroatoms. The van der Waals surface area contributed by atoms with Crippen molar-refractivity contribution in [3.63, 3.8) is 0 Å². The van der Waals surface area contributed by atoms with Crippen LogP contribution in [0.25, 0.3) is 11.0 Å². The number of halogens is 1. The molecule has 0 radical (unpaired) electrons. The van der Waals surface area contributed by atoms with Gasteiger partial charge in [0.15, 0.2) is 5.76 Å². The van der Waals surface area contributed by atoms with Crippen LogP contribution in [0.4, 0.5) is 10.1 Å². The Morgan fingerprint density at radius 3 is 2.40 bits per heavy atom. The maximum Gasteiger partial charge on any atom is 0.290 e. The highest BCUT2D eigenvalue weighted by Crippen LogP contribution is 2.27. The average molecular weight is 338 g/mol. The van der Waals surface area contributed by atoms with Crippen molar-refractivity contribution in [2.75, 3.05) is 31.1 Å². The number of carbonyl (C=O) groups is 1. The second-order valence-electron chi connectivity index (χ2n) is 6.28. The molecule has 1 aliphatic rings. The van der Waals surface area contributed by atoms with Crippen molar-refractivity contribution in [3.05, 3.63) is 65.7 Å². The number of para-hydroxylation sites is 2. The summed E-state index contributed by atoms with van der Waals surface area (Å²) in [6.45, 7) is 4.21. The van der Waals surface area contributed by atoms with E-state index in [-0.39, 0.29) is 11.7 Å². The molecule has 3 aromatic rings. The number of amides is 1. The number of hydrogen-bond acceptors (Lipinski definition) is 3. The fraction of sp³-hybridized carbons (Fsp3) is 0.250. The van der Waals surface area contributed by atoms with E-state index in [9.17, 15) is 9.18 Å². The Balaban J connectivity index is 1.51. The molecule has 1 aliphatic heterocycles. The van der Waals surface area contributed by atoms with Gasteiger partial charge in [0.25, 0.3) is 5.91 Å². The van der Waals surface area contributed by atoms with E-state index in [0.717, 1.165) is 16.5 Å². The van der Waals surface area contributed by atoms with Gasteiger partial charge in [0.05, 0.1) is 5.69 Å². The van der Waals surface area contributed by atoms with E-state index in [1.165, 1.54) is 6.07 Å². The number of fused-ring (bicyclic) bond motifs is 1. The summed E-state index contributed by atoms with van der Waals surface area (Å²) in [7, 11) is 0. The number of aryl methyl sites for hydroxylation is 1. The zero-order valence-corrected chi connectivity index (χ0v) is 14.0. The third-order valence-corrected chi connectivity index (χ3v) is 4.80. The summed E-state index contributed by atoms with van der Waals surface area (Å²) in [5.41, 5.74) is 2.19. The van der Waals surface area contributed by atoms with Crippen LogP contribution in [0.3, 0.4) is 0 Å². The van der Waals surface area contributed by atoms with Gasteiger partial charge in [-0.25, -0.2) is 4.39 Å². The molecule has 0 spiro atoms. The molecule has 0 bridgehead atoms. The first-order valence-electron chi connectivity index (χ1n) is 8.42. The maximum atomic E-state index is 13.9. The first-order chi connectivity index (χ1) is 12.1. The SMILES string of the molecule is Cc1c(C(=O)N2CCN(c3ccccc3F)CC2)oc2ccccc12. The van der Waals surface area contributed by atoms with Crippen molar-refractivity contribution < 1.29 is 13.6 Å². The molecule has 1 fully saturated rings. The largest absolute Gasteiger partial charge is 0.451 e. The monoisotopic (exact) mass is 338 g/mol. The lowest BCUT2D eigenvalue weighted by Crippen LogP contribution is -2.49. The van der Waals surface area contributed by atoms with E-state index in [1.54, 1.807) is 17.0 Å². The standard InChI is InChI=1S/C20H19FN2O2/c1-14-15-6-2-5-9-18(15)25-19(14)20(24)23-12-10-22(11-13-23)17-8-4-3-7-16(17)21/h2-9H,10-13H2,1H3. The van der Waals surface area contributed by atoms with E-state index >= 15 is 0 Å². The van der Waals surface area contributed by atoms with Crippen molar-refractivity contribution >= 4 is 22.6 Å². The second-order valence-corrected chi connectivity index (χ2v) is 6.28. The number of rotatable bonds is 2. The molecule has 1 saturated heterocycles. The number of benzene rings is 2. The molecule has 0 N–H and O–H groups in total. The van der Waals surface area contributed by atoms with Gasteiger partial charge in [0.2, 0.25) is 0 Å². The smallest absolute Gasteiger partial charge is 0.290 e. The molecule has 0 aliphatic carbocycles. The summed E-state index contributed by atoms with van der Waals surface area (Å²) in [5, 5.41) is 0.968. The quantitative estimate of drug-likeness (QED) is 0.712. The minimum Gasteiger partial charge on any atom is -0.451 e.